The minimum absolute atomic E-state index is 0.0267. The summed E-state index contributed by atoms with van der Waals surface area (Å²) in [7, 11) is 4.11. The zero-order chi connectivity index (χ0) is 23.1. The first kappa shape index (κ1) is 28.4. The van der Waals surface area contributed by atoms with E-state index in [1.54, 1.807) is 0 Å². The van der Waals surface area contributed by atoms with Crippen molar-refractivity contribution in [2.75, 3.05) is 27.2 Å². The molecule has 1 rings (SSSR count). The lowest BCUT2D eigenvalue weighted by atomic mass is 9.94. The first-order valence-corrected chi connectivity index (χ1v) is 13.0. The normalized spacial score (nSPS) is 20.6. The Labute approximate surface area is 192 Å². The number of nitrogens with zero attached hydrogens (tertiary/aromatic N) is 1. The Kier molecular flexibility index (Phi) is 14.7. The van der Waals surface area contributed by atoms with Crippen LogP contribution >= 0.6 is 0 Å². The molecule has 1 fully saturated rings. The second kappa shape index (κ2) is 16.0. The van der Waals surface area contributed by atoms with E-state index in [9.17, 15) is 4.79 Å². The number of ether oxygens (including phenoxy) is 3. The van der Waals surface area contributed by atoms with Gasteiger partial charge >= 0.3 is 5.97 Å². The van der Waals surface area contributed by atoms with Crippen LogP contribution in [0.4, 0.5) is 0 Å². The minimum Gasteiger partial charge on any atom is -0.463 e. The molecular weight excluding hydrogens is 390 g/mol. The van der Waals surface area contributed by atoms with Crippen LogP contribution in [-0.4, -0.2) is 56.1 Å². The van der Waals surface area contributed by atoms with Crippen molar-refractivity contribution in [3.05, 3.63) is 0 Å². The Balaban J connectivity index is 2.52. The largest absolute Gasteiger partial charge is 0.463 e. The van der Waals surface area contributed by atoms with Gasteiger partial charge in [-0.3, -0.25) is 4.79 Å². The van der Waals surface area contributed by atoms with E-state index in [1.165, 1.54) is 51.4 Å². The molecule has 0 aromatic heterocycles. The molecule has 0 saturated carbocycles. The molecule has 1 heterocycles. The van der Waals surface area contributed by atoms with Crippen molar-refractivity contribution < 1.29 is 19.0 Å². The third kappa shape index (κ3) is 12.8. The summed E-state index contributed by atoms with van der Waals surface area (Å²) in [5.41, 5.74) is 0. The summed E-state index contributed by atoms with van der Waals surface area (Å²) in [6.07, 6.45) is 14.8. The predicted molar refractivity (Wildman–Crippen MR) is 128 cm³/mol. The molecule has 0 amide bonds. The minimum atomic E-state index is -0.619. The van der Waals surface area contributed by atoms with Crippen LogP contribution in [-0.2, 0) is 19.0 Å². The van der Waals surface area contributed by atoms with Gasteiger partial charge in [0.05, 0.1) is 12.0 Å². The summed E-state index contributed by atoms with van der Waals surface area (Å²) in [5.74, 6) is -0.629. The number of hydrogen-bond acceptors (Lipinski definition) is 5. The van der Waals surface area contributed by atoms with Crippen molar-refractivity contribution in [2.24, 2.45) is 5.92 Å². The Morgan fingerprint density at radius 3 is 1.90 bits per heavy atom. The highest BCUT2D eigenvalue weighted by Crippen LogP contribution is 2.30. The SMILES string of the molecule is CCCCCCCC(CCCCCCC)C(=O)OC[C@@H]1OC(C)(C)O[C@H]1CCN(C)C. The van der Waals surface area contributed by atoms with Gasteiger partial charge in [-0.25, -0.2) is 0 Å². The van der Waals surface area contributed by atoms with Gasteiger partial charge in [-0.05, 0) is 47.2 Å². The lowest BCUT2D eigenvalue weighted by molar-refractivity contribution is -0.163. The molecule has 1 aliphatic rings. The monoisotopic (exact) mass is 441 g/mol. The predicted octanol–water partition coefficient (Wildman–Crippen LogP) is 6.34. The van der Waals surface area contributed by atoms with E-state index in [0.29, 0.717) is 6.61 Å². The van der Waals surface area contributed by atoms with Crippen molar-refractivity contribution in [1.29, 1.82) is 0 Å². The van der Waals surface area contributed by atoms with Crippen molar-refractivity contribution in [3.8, 4) is 0 Å². The topological polar surface area (TPSA) is 48.0 Å². The van der Waals surface area contributed by atoms with E-state index < -0.39 is 5.79 Å². The second-order valence-corrected chi connectivity index (χ2v) is 10.0. The van der Waals surface area contributed by atoms with Crippen LogP contribution in [0.2, 0.25) is 0 Å². The van der Waals surface area contributed by atoms with Crippen LogP contribution in [0.15, 0.2) is 0 Å². The molecule has 0 unspecified atom stereocenters. The number of hydrogen-bond donors (Lipinski definition) is 0. The maximum atomic E-state index is 12.9. The molecule has 0 bridgehead atoms. The smallest absolute Gasteiger partial charge is 0.309 e. The molecular formula is C26H51NO4. The Bertz CT molecular complexity index is 452. The zero-order valence-corrected chi connectivity index (χ0v) is 21.4. The van der Waals surface area contributed by atoms with E-state index in [2.05, 4.69) is 32.8 Å². The molecule has 5 heteroatoms. The fourth-order valence-electron chi connectivity index (χ4n) is 4.33. The van der Waals surface area contributed by atoms with Crippen molar-refractivity contribution in [3.63, 3.8) is 0 Å². The molecule has 184 valence electrons. The molecule has 1 saturated heterocycles. The lowest BCUT2D eigenvalue weighted by Crippen LogP contribution is -2.33. The molecule has 5 nitrogen and oxygen atoms in total. The fourth-order valence-corrected chi connectivity index (χ4v) is 4.33. The van der Waals surface area contributed by atoms with Crippen LogP contribution < -0.4 is 0 Å². The summed E-state index contributed by atoms with van der Waals surface area (Å²) in [6, 6.07) is 0. The van der Waals surface area contributed by atoms with Crippen molar-refractivity contribution in [2.45, 2.75) is 129 Å². The molecule has 0 radical (unpaired) electrons. The number of rotatable bonds is 18. The molecule has 0 spiro atoms. The second-order valence-electron chi connectivity index (χ2n) is 10.0. The average Bonchev–Trinajstić information content (AvgIpc) is 3.02. The lowest BCUT2D eigenvalue weighted by Gasteiger charge is -2.21. The third-order valence-corrected chi connectivity index (χ3v) is 6.18. The van der Waals surface area contributed by atoms with Gasteiger partial charge < -0.3 is 19.1 Å². The van der Waals surface area contributed by atoms with Crippen LogP contribution in [0.5, 0.6) is 0 Å². The van der Waals surface area contributed by atoms with Crippen molar-refractivity contribution >= 4 is 5.97 Å². The zero-order valence-electron chi connectivity index (χ0n) is 21.4. The van der Waals surface area contributed by atoms with Crippen LogP contribution in [0.3, 0.4) is 0 Å². The first-order valence-electron chi connectivity index (χ1n) is 13.0. The molecule has 0 aliphatic carbocycles. The van der Waals surface area contributed by atoms with Gasteiger partial charge in [-0.2, -0.15) is 0 Å². The summed E-state index contributed by atoms with van der Waals surface area (Å²) in [4.78, 5) is 15.1. The molecule has 2 atom stereocenters. The Hall–Kier alpha value is -0.650. The van der Waals surface area contributed by atoms with E-state index in [0.717, 1.165) is 38.6 Å². The molecule has 0 aromatic carbocycles. The van der Waals surface area contributed by atoms with Gasteiger partial charge in [0.25, 0.3) is 0 Å². The Morgan fingerprint density at radius 1 is 0.871 bits per heavy atom. The Morgan fingerprint density at radius 2 is 1.39 bits per heavy atom. The van der Waals surface area contributed by atoms with E-state index in [1.807, 2.05) is 13.8 Å². The van der Waals surface area contributed by atoms with Crippen LogP contribution in [0, 0.1) is 5.92 Å². The number of esters is 1. The summed E-state index contributed by atoms with van der Waals surface area (Å²) >= 11 is 0. The number of unbranched alkanes of at least 4 members (excludes halogenated alkanes) is 8. The van der Waals surface area contributed by atoms with Gasteiger partial charge in [0.2, 0.25) is 0 Å². The average molecular weight is 442 g/mol. The highest BCUT2D eigenvalue weighted by Gasteiger charge is 2.41. The third-order valence-electron chi connectivity index (χ3n) is 6.18. The quantitative estimate of drug-likeness (QED) is 0.183. The standard InChI is InChI=1S/C26H51NO4/c1-7-9-11-13-15-17-22(18-16-14-12-10-8-2)25(28)29-21-24-23(19-20-27(5)6)30-26(3,4)31-24/h22-24H,7-21H2,1-6H3/t23-,24-/m0/s1. The number of carbonyl (C=O) groups is 1. The van der Waals surface area contributed by atoms with Gasteiger partial charge in [-0.15, -0.1) is 0 Å². The fraction of sp³-hybridized carbons (Fsp3) is 0.962. The molecule has 0 N–H and O–H groups in total. The van der Waals surface area contributed by atoms with E-state index in [4.69, 9.17) is 14.2 Å². The van der Waals surface area contributed by atoms with Gasteiger partial charge in [0, 0.05) is 6.54 Å². The maximum Gasteiger partial charge on any atom is 0.309 e. The summed E-state index contributed by atoms with van der Waals surface area (Å²) in [6.45, 7) is 9.56. The highest BCUT2D eigenvalue weighted by molar-refractivity contribution is 5.72. The maximum absolute atomic E-state index is 12.9. The summed E-state index contributed by atoms with van der Waals surface area (Å²) in [5, 5.41) is 0. The first-order chi connectivity index (χ1) is 14.8. The number of carbonyl (C=O) groups excluding carboxylic acids is 1. The van der Waals surface area contributed by atoms with Gasteiger partial charge in [-0.1, -0.05) is 78.1 Å². The van der Waals surface area contributed by atoms with Gasteiger partial charge in [0.15, 0.2) is 5.79 Å². The molecule has 1 aliphatic heterocycles. The molecule has 0 aromatic rings. The van der Waals surface area contributed by atoms with Crippen molar-refractivity contribution in [1.82, 2.24) is 4.90 Å². The summed E-state index contributed by atoms with van der Waals surface area (Å²) < 4.78 is 17.9. The van der Waals surface area contributed by atoms with Crippen LogP contribution in [0.1, 0.15) is 111 Å². The van der Waals surface area contributed by atoms with Crippen LogP contribution in [0.25, 0.3) is 0 Å². The van der Waals surface area contributed by atoms with E-state index in [-0.39, 0.29) is 24.1 Å². The van der Waals surface area contributed by atoms with E-state index >= 15 is 0 Å². The molecule has 31 heavy (non-hydrogen) atoms. The highest BCUT2D eigenvalue weighted by atomic mass is 16.8. The van der Waals surface area contributed by atoms with Gasteiger partial charge in [0.1, 0.15) is 12.7 Å².